The van der Waals surface area contributed by atoms with Gasteiger partial charge in [-0.3, -0.25) is 14.2 Å². The Morgan fingerprint density at radius 1 is 1.11 bits per heavy atom. The lowest BCUT2D eigenvalue weighted by molar-refractivity contribution is -0.135. The standard InChI is InChI=1S/C21H28N4O3/c1-2-23-10-12-24(13-11-23)20(26)15-28-16-7-8-18-17(14-16)21(27)25-9-5-3-4-6-19(25)22-18/h7-8,14H,2-6,9-13,15H2,1H3. The first kappa shape index (κ1) is 18.9. The molecule has 0 bridgehead atoms. The van der Waals surface area contributed by atoms with Gasteiger partial charge < -0.3 is 14.5 Å². The average Bonchev–Trinajstić information content (AvgIpc) is 2.98. The van der Waals surface area contributed by atoms with Crippen molar-refractivity contribution in [1.29, 1.82) is 0 Å². The number of piperazine rings is 1. The second-order valence-corrected chi connectivity index (χ2v) is 7.58. The number of benzene rings is 1. The van der Waals surface area contributed by atoms with Gasteiger partial charge in [0, 0.05) is 39.1 Å². The van der Waals surface area contributed by atoms with Crippen LogP contribution in [-0.4, -0.2) is 64.6 Å². The number of aryl methyl sites for hydroxylation is 1. The van der Waals surface area contributed by atoms with Gasteiger partial charge in [-0.25, -0.2) is 4.98 Å². The molecule has 28 heavy (non-hydrogen) atoms. The third-order valence-electron chi connectivity index (χ3n) is 5.82. The number of carbonyl (C=O) groups excluding carboxylic acids is 1. The fourth-order valence-electron chi connectivity index (χ4n) is 4.04. The van der Waals surface area contributed by atoms with Gasteiger partial charge in [-0.2, -0.15) is 0 Å². The van der Waals surface area contributed by atoms with Crippen molar-refractivity contribution in [2.75, 3.05) is 39.3 Å². The lowest BCUT2D eigenvalue weighted by Crippen LogP contribution is -2.49. The number of likely N-dealkylation sites (N-methyl/N-ethyl adjacent to an activating group) is 1. The zero-order chi connectivity index (χ0) is 19.5. The zero-order valence-electron chi connectivity index (χ0n) is 16.5. The SMILES string of the molecule is CCN1CCN(C(=O)COc2ccc3nc4n(c(=O)c3c2)CCCCC4)CC1. The fourth-order valence-corrected chi connectivity index (χ4v) is 4.04. The van der Waals surface area contributed by atoms with Crippen molar-refractivity contribution in [3.8, 4) is 5.75 Å². The highest BCUT2D eigenvalue weighted by Crippen LogP contribution is 2.20. The molecule has 0 radical (unpaired) electrons. The lowest BCUT2D eigenvalue weighted by atomic mass is 10.2. The molecule has 2 aliphatic rings. The number of fused-ring (bicyclic) bond motifs is 2. The molecule has 0 atom stereocenters. The van der Waals surface area contributed by atoms with E-state index in [0.717, 1.165) is 70.8 Å². The highest BCUT2D eigenvalue weighted by molar-refractivity contribution is 5.80. The van der Waals surface area contributed by atoms with Crippen molar-refractivity contribution < 1.29 is 9.53 Å². The minimum atomic E-state index is -0.00683. The second-order valence-electron chi connectivity index (χ2n) is 7.58. The first-order valence-corrected chi connectivity index (χ1v) is 10.3. The van der Waals surface area contributed by atoms with Crippen molar-refractivity contribution >= 4 is 16.8 Å². The number of nitrogens with zero attached hydrogens (tertiary/aromatic N) is 4. The Labute approximate surface area is 164 Å². The summed E-state index contributed by atoms with van der Waals surface area (Å²) >= 11 is 0. The van der Waals surface area contributed by atoms with E-state index in [1.165, 1.54) is 0 Å². The topological polar surface area (TPSA) is 67.7 Å². The van der Waals surface area contributed by atoms with Crippen LogP contribution in [0, 0.1) is 0 Å². The first-order valence-electron chi connectivity index (χ1n) is 10.3. The Bertz CT molecular complexity index is 916. The molecule has 7 nitrogen and oxygen atoms in total. The van der Waals surface area contributed by atoms with Gasteiger partial charge in [0.2, 0.25) is 0 Å². The second kappa shape index (κ2) is 8.31. The molecule has 1 aromatic carbocycles. The number of hydrogen-bond acceptors (Lipinski definition) is 5. The molecule has 0 aliphatic carbocycles. The molecule has 1 amide bonds. The molecule has 150 valence electrons. The minimum absolute atomic E-state index is 0.00264. The van der Waals surface area contributed by atoms with E-state index in [1.807, 2.05) is 11.0 Å². The van der Waals surface area contributed by atoms with Crippen LogP contribution in [0.2, 0.25) is 0 Å². The van der Waals surface area contributed by atoms with Crippen LogP contribution in [0.4, 0.5) is 0 Å². The number of rotatable bonds is 4. The molecular weight excluding hydrogens is 356 g/mol. The van der Waals surface area contributed by atoms with E-state index in [2.05, 4.69) is 16.8 Å². The predicted octanol–water partition coefficient (Wildman–Crippen LogP) is 1.67. The molecule has 3 heterocycles. The minimum Gasteiger partial charge on any atom is -0.484 e. The van der Waals surface area contributed by atoms with Crippen molar-refractivity contribution in [3.05, 3.63) is 34.4 Å². The van der Waals surface area contributed by atoms with E-state index in [-0.39, 0.29) is 18.1 Å². The van der Waals surface area contributed by atoms with Crippen LogP contribution < -0.4 is 10.3 Å². The van der Waals surface area contributed by atoms with Crippen LogP contribution in [0.1, 0.15) is 32.0 Å². The summed E-state index contributed by atoms with van der Waals surface area (Å²) in [4.78, 5) is 34.2. The number of hydrogen-bond donors (Lipinski definition) is 0. The van der Waals surface area contributed by atoms with Gasteiger partial charge in [0.15, 0.2) is 6.61 Å². The van der Waals surface area contributed by atoms with Gasteiger partial charge in [-0.05, 0) is 37.6 Å². The lowest BCUT2D eigenvalue weighted by Gasteiger charge is -2.33. The molecule has 4 rings (SSSR count). The largest absolute Gasteiger partial charge is 0.484 e. The number of amides is 1. The monoisotopic (exact) mass is 384 g/mol. The molecule has 2 aliphatic heterocycles. The van der Waals surface area contributed by atoms with Crippen molar-refractivity contribution in [2.24, 2.45) is 0 Å². The van der Waals surface area contributed by atoms with Gasteiger partial charge >= 0.3 is 0 Å². The molecule has 7 heteroatoms. The summed E-state index contributed by atoms with van der Waals surface area (Å²) in [6.45, 7) is 7.18. The smallest absolute Gasteiger partial charge is 0.261 e. The number of carbonyl (C=O) groups is 1. The predicted molar refractivity (Wildman–Crippen MR) is 108 cm³/mol. The van der Waals surface area contributed by atoms with E-state index >= 15 is 0 Å². The van der Waals surface area contributed by atoms with Gasteiger partial charge in [0.25, 0.3) is 11.5 Å². The van der Waals surface area contributed by atoms with Crippen LogP contribution in [0.3, 0.4) is 0 Å². The van der Waals surface area contributed by atoms with Gasteiger partial charge in [-0.1, -0.05) is 13.3 Å². The third-order valence-corrected chi connectivity index (χ3v) is 5.82. The molecular formula is C21H28N4O3. The normalized spacial score (nSPS) is 18.0. The maximum atomic E-state index is 12.9. The summed E-state index contributed by atoms with van der Waals surface area (Å²) in [5, 5.41) is 0.562. The summed E-state index contributed by atoms with van der Waals surface area (Å²) in [5.41, 5.74) is 0.696. The van der Waals surface area contributed by atoms with Crippen LogP contribution in [-0.2, 0) is 17.8 Å². The fraction of sp³-hybridized carbons (Fsp3) is 0.571. The molecule has 0 saturated carbocycles. The van der Waals surface area contributed by atoms with E-state index in [1.54, 1.807) is 16.7 Å². The quantitative estimate of drug-likeness (QED) is 0.802. The molecule has 0 spiro atoms. The Kier molecular flexibility index (Phi) is 5.62. The average molecular weight is 384 g/mol. The summed E-state index contributed by atoms with van der Waals surface area (Å²) < 4.78 is 7.53. The van der Waals surface area contributed by atoms with E-state index in [9.17, 15) is 9.59 Å². The van der Waals surface area contributed by atoms with Crippen LogP contribution in [0.5, 0.6) is 5.75 Å². The van der Waals surface area contributed by atoms with E-state index < -0.39 is 0 Å². The maximum absolute atomic E-state index is 12.9. The van der Waals surface area contributed by atoms with Gasteiger partial charge in [0.05, 0.1) is 10.9 Å². The van der Waals surface area contributed by atoms with Gasteiger partial charge in [0.1, 0.15) is 11.6 Å². The van der Waals surface area contributed by atoms with E-state index in [0.29, 0.717) is 16.7 Å². The zero-order valence-corrected chi connectivity index (χ0v) is 16.5. The highest BCUT2D eigenvalue weighted by atomic mass is 16.5. The summed E-state index contributed by atoms with van der Waals surface area (Å²) in [6, 6.07) is 5.35. The summed E-state index contributed by atoms with van der Waals surface area (Å²) in [6.07, 6.45) is 4.06. The Hall–Kier alpha value is -2.41. The number of aromatic nitrogens is 2. The molecule has 1 saturated heterocycles. The molecule has 1 fully saturated rings. The molecule has 1 aromatic heterocycles. The van der Waals surface area contributed by atoms with Crippen molar-refractivity contribution in [3.63, 3.8) is 0 Å². The molecule has 0 N–H and O–H groups in total. The Morgan fingerprint density at radius 3 is 2.71 bits per heavy atom. The van der Waals surface area contributed by atoms with Crippen LogP contribution >= 0.6 is 0 Å². The Balaban J connectivity index is 1.47. The van der Waals surface area contributed by atoms with Crippen LogP contribution in [0.25, 0.3) is 10.9 Å². The first-order chi connectivity index (χ1) is 13.7. The highest BCUT2D eigenvalue weighted by Gasteiger charge is 2.20. The molecule has 0 unspecified atom stereocenters. The van der Waals surface area contributed by atoms with Gasteiger partial charge in [-0.15, -0.1) is 0 Å². The van der Waals surface area contributed by atoms with Crippen LogP contribution in [0.15, 0.2) is 23.0 Å². The van der Waals surface area contributed by atoms with E-state index in [4.69, 9.17) is 4.74 Å². The Morgan fingerprint density at radius 2 is 1.93 bits per heavy atom. The summed E-state index contributed by atoms with van der Waals surface area (Å²) in [7, 11) is 0. The summed E-state index contributed by atoms with van der Waals surface area (Å²) in [5.74, 6) is 1.42. The molecule has 2 aromatic rings. The number of ether oxygens (including phenoxy) is 1. The third kappa shape index (κ3) is 3.90. The maximum Gasteiger partial charge on any atom is 0.261 e. The van der Waals surface area contributed by atoms with Crippen molar-refractivity contribution in [2.45, 2.75) is 39.2 Å². The van der Waals surface area contributed by atoms with Crippen molar-refractivity contribution in [1.82, 2.24) is 19.4 Å².